The minimum Gasteiger partial charge on any atom is -0.397 e. The smallest absolute Gasteiger partial charge is 0.264 e. The SMILES string of the molecule is Nc1ccccc1N(CCO)S(=O)(=O)c1cccc(Br)c1. The van der Waals surface area contributed by atoms with E-state index in [-0.39, 0.29) is 18.0 Å². The lowest BCUT2D eigenvalue weighted by Crippen LogP contribution is -2.34. The zero-order chi connectivity index (χ0) is 15.5. The molecule has 0 saturated carbocycles. The minimum atomic E-state index is -3.80. The molecule has 3 N–H and O–H groups in total. The van der Waals surface area contributed by atoms with Gasteiger partial charge < -0.3 is 10.8 Å². The van der Waals surface area contributed by atoms with E-state index in [0.29, 0.717) is 15.8 Å². The Hall–Kier alpha value is -1.57. The summed E-state index contributed by atoms with van der Waals surface area (Å²) in [7, 11) is -3.80. The predicted molar refractivity (Wildman–Crippen MR) is 86.6 cm³/mol. The number of anilines is 2. The van der Waals surface area contributed by atoms with E-state index >= 15 is 0 Å². The van der Waals surface area contributed by atoms with E-state index < -0.39 is 10.0 Å². The van der Waals surface area contributed by atoms with Crippen molar-refractivity contribution in [3.63, 3.8) is 0 Å². The van der Waals surface area contributed by atoms with E-state index in [9.17, 15) is 13.5 Å². The molecule has 21 heavy (non-hydrogen) atoms. The normalized spacial score (nSPS) is 11.3. The summed E-state index contributed by atoms with van der Waals surface area (Å²) < 4.78 is 27.3. The van der Waals surface area contributed by atoms with Gasteiger partial charge in [-0.1, -0.05) is 34.1 Å². The summed E-state index contributed by atoms with van der Waals surface area (Å²) in [6.07, 6.45) is 0. The molecule has 2 aromatic carbocycles. The fraction of sp³-hybridized carbons (Fsp3) is 0.143. The van der Waals surface area contributed by atoms with Crippen LogP contribution in [0, 0.1) is 0 Å². The Labute approximate surface area is 132 Å². The fourth-order valence-corrected chi connectivity index (χ4v) is 4.01. The first-order chi connectivity index (χ1) is 9.96. The monoisotopic (exact) mass is 370 g/mol. The number of rotatable bonds is 5. The molecule has 0 unspecified atom stereocenters. The molecule has 0 fully saturated rings. The standard InChI is InChI=1S/C14H15BrN2O3S/c15-11-4-3-5-12(10-11)21(19,20)17(8-9-18)14-7-2-1-6-13(14)16/h1-7,10,18H,8-9,16H2. The first-order valence-electron chi connectivity index (χ1n) is 6.20. The lowest BCUT2D eigenvalue weighted by atomic mass is 10.3. The van der Waals surface area contributed by atoms with Crippen LogP contribution < -0.4 is 10.0 Å². The maximum Gasteiger partial charge on any atom is 0.264 e. The Morgan fingerprint density at radius 2 is 1.86 bits per heavy atom. The third-order valence-electron chi connectivity index (χ3n) is 2.89. The van der Waals surface area contributed by atoms with Gasteiger partial charge in [0.15, 0.2) is 0 Å². The average molecular weight is 371 g/mol. The van der Waals surface area contributed by atoms with Crippen molar-refractivity contribution in [2.75, 3.05) is 23.2 Å². The highest BCUT2D eigenvalue weighted by Crippen LogP contribution is 2.29. The molecule has 0 radical (unpaired) electrons. The molecule has 0 heterocycles. The van der Waals surface area contributed by atoms with Crippen molar-refractivity contribution in [1.29, 1.82) is 0 Å². The molecule has 5 nitrogen and oxygen atoms in total. The van der Waals surface area contributed by atoms with E-state index in [1.165, 1.54) is 12.1 Å². The number of nitrogen functional groups attached to an aromatic ring is 1. The van der Waals surface area contributed by atoms with Gasteiger partial charge in [0, 0.05) is 4.47 Å². The van der Waals surface area contributed by atoms with Crippen LogP contribution in [0.2, 0.25) is 0 Å². The van der Waals surface area contributed by atoms with E-state index in [1.54, 1.807) is 36.4 Å². The average Bonchev–Trinajstić information content (AvgIpc) is 2.45. The van der Waals surface area contributed by atoms with Gasteiger partial charge in [-0.2, -0.15) is 0 Å². The van der Waals surface area contributed by atoms with Gasteiger partial charge in [-0.3, -0.25) is 4.31 Å². The molecule has 2 aromatic rings. The van der Waals surface area contributed by atoms with Crippen LogP contribution in [0.4, 0.5) is 11.4 Å². The maximum atomic E-state index is 12.8. The summed E-state index contributed by atoms with van der Waals surface area (Å²) in [5, 5.41) is 9.20. The van der Waals surface area contributed by atoms with E-state index in [4.69, 9.17) is 5.73 Å². The number of aliphatic hydroxyl groups excluding tert-OH is 1. The number of nitrogens with two attached hydrogens (primary N) is 1. The van der Waals surface area contributed by atoms with E-state index in [1.807, 2.05) is 0 Å². The first kappa shape index (κ1) is 15.8. The van der Waals surface area contributed by atoms with Crippen LogP contribution in [-0.4, -0.2) is 26.7 Å². The van der Waals surface area contributed by atoms with Gasteiger partial charge in [0.05, 0.1) is 29.4 Å². The van der Waals surface area contributed by atoms with Gasteiger partial charge in [0.1, 0.15) is 0 Å². The molecule has 0 aliphatic carbocycles. The molecular formula is C14H15BrN2O3S. The molecule has 0 atom stereocenters. The number of nitrogens with zero attached hydrogens (tertiary/aromatic N) is 1. The number of hydrogen-bond donors (Lipinski definition) is 2. The molecule has 0 spiro atoms. The topological polar surface area (TPSA) is 83.6 Å². The summed E-state index contributed by atoms with van der Waals surface area (Å²) in [6, 6.07) is 13.1. The van der Waals surface area contributed by atoms with Crippen molar-refractivity contribution in [2.24, 2.45) is 0 Å². The van der Waals surface area contributed by atoms with Gasteiger partial charge in [-0.05, 0) is 30.3 Å². The quantitative estimate of drug-likeness (QED) is 0.790. The van der Waals surface area contributed by atoms with Crippen molar-refractivity contribution in [2.45, 2.75) is 4.90 Å². The Morgan fingerprint density at radius 1 is 1.14 bits per heavy atom. The first-order valence-corrected chi connectivity index (χ1v) is 8.44. The van der Waals surface area contributed by atoms with Crippen LogP contribution in [0.3, 0.4) is 0 Å². The Morgan fingerprint density at radius 3 is 2.48 bits per heavy atom. The highest BCUT2D eigenvalue weighted by atomic mass is 79.9. The molecule has 0 saturated heterocycles. The van der Waals surface area contributed by atoms with Crippen molar-refractivity contribution >= 4 is 37.3 Å². The molecule has 0 aliphatic heterocycles. The van der Waals surface area contributed by atoms with Gasteiger partial charge >= 0.3 is 0 Å². The van der Waals surface area contributed by atoms with Gasteiger partial charge in [0.2, 0.25) is 0 Å². The number of benzene rings is 2. The maximum absolute atomic E-state index is 12.8. The lowest BCUT2D eigenvalue weighted by molar-refractivity contribution is 0.306. The van der Waals surface area contributed by atoms with Gasteiger partial charge in [-0.15, -0.1) is 0 Å². The van der Waals surface area contributed by atoms with Crippen LogP contribution in [0.1, 0.15) is 0 Å². The Bertz CT molecular complexity index is 735. The second kappa shape index (κ2) is 6.46. The number of para-hydroxylation sites is 2. The molecule has 0 aliphatic rings. The van der Waals surface area contributed by atoms with Crippen molar-refractivity contribution in [3.8, 4) is 0 Å². The summed E-state index contributed by atoms with van der Waals surface area (Å²) in [5.41, 5.74) is 6.55. The fourth-order valence-electron chi connectivity index (χ4n) is 1.93. The minimum absolute atomic E-state index is 0.0664. The Kier molecular flexibility index (Phi) is 4.87. The van der Waals surface area contributed by atoms with E-state index in [0.717, 1.165) is 4.31 Å². The largest absolute Gasteiger partial charge is 0.397 e. The second-order valence-corrected chi connectivity index (χ2v) is 7.09. The second-order valence-electron chi connectivity index (χ2n) is 4.32. The highest BCUT2D eigenvalue weighted by Gasteiger charge is 2.25. The van der Waals surface area contributed by atoms with Crippen LogP contribution in [-0.2, 0) is 10.0 Å². The lowest BCUT2D eigenvalue weighted by Gasteiger charge is -2.25. The number of hydrogen-bond acceptors (Lipinski definition) is 4. The number of aliphatic hydroxyl groups is 1. The molecule has 112 valence electrons. The Balaban J connectivity index is 2.54. The molecule has 0 bridgehead atoms. The highest BCUT2D eigenvalue weighted by molar-refractivity contribution is 9.10. The van der Waals surface area contributed by atoms with Gasteiger partial charge in [0.25, 0.3) is 10.0 Å². The zero-order valence-electron chi connectivity index (χ0n) is 11.1. The third-order valence-corrected chi connectivity index (χ3v) is 5.20. The molecular weight excluding hydrogens is 356 g/mol. The predicted octanol–water partition coefficient (Wildman–Crippen LogP) is 2.22. The van der Waals surface area contributed by atoms with Crippen molar-refractivity contribution < 1.29 is 13.5 Å². The van der Waals surface area contributed by atoms with Crippen molar-refractivity contribution in [1.82, 2.24) is 0 Å². The summed E-state index contributed by atoms with van der Waals surface area (Å²) >= 11 is 3.26. The summed E-state index contributed by atoms with van der Waals surface area (Å²) in [6.45, 7) is -0.370. The number of halogens is 1. The van der Waals surface area contributed by atoms with Crippen LogP contribution in [0.15, 0.2) is 57.9 Å². The van der Waals surface area contributed by atoms with Gasteiger partial charge in [-0.25, -0.2) is 8.42 Å². The van der Waals surface area contributed by atoms with E-state index in [2.05, 4.69) is 15.9 Å². The number of sulfonamides is 1. The van der Waals surface area contributed by atoms with Crippen molar-refractivity contribution in [3.05, 3.63) is 53.0 Å². The molecule has 2 rings (SSSR count). The van der Waals surface area contributed by atoms with Crippen LogP contribution >= 0.6 is 15.9 Å². The van der Waals surface area contributed by atoms with Crippen LogP contribution in [0.5, 0.6) is 0 Å². The van der Waals surface area contributed by atoms with Crippen LogP contribution in [0.25, 0.3) is 0 Å². The molecule has 0 aromatic heterocycles. The molecule has 0 amide bonds. The third kappa shape index (κ3) is 3.37. The summed E-state index contributed by atoms with van der Waals surface area (Å²) in [4.78, 5) is 0.133. The summed E-state index contributed by atoms with van der Waals surface area (Å²) in [5.74, 6) is 0. The zero-order valence-corrected chi connectivity index (χ0v) is 13.5. The molecule has 7 heteroatoms.